The Hall–Kier alpha value is -2.62. The summed E-state index contributed by atoms with van der Waals surface area (Å²) >= 11 is 0. The largest absolute Gasteiger partial charge is 0.494 e. The van der Waals surface area contributed by atoms with Crippen molar-refractivity contribution in [3.8, 4) is 5.75 Å². The Kier molecular flexibility index (Phi) is 5.10. The molecule has 4 heteroatoms. The summed E-state index contributed by atoms with van der Waals surface area (Å²) < 4.78 is 5.34. The summed E-state index contributed by atoms with van der Waals surface area (Å²) in [6.45, 7) is 4.51. The maximum absolute atomic E-state index is 11.7. The molecule has 0 aliphatic rings. The molecule has 0 amide bonds. The van der Waals surface area contributed by atoms with E-state index in [0.717, 1.165) is 16.9 Å². The lowest BCUT2D eigenvalue weighted by atomic mass is 10.2. The molecule has 0 atom stereocenters. The van der Waals surface area contributed by atoms with Gasteiger partial charge in [0.2, 0.25) is 0 Å². The zero-order chi connectivity index (χ0) is 15.1. The van der Waals surface area contributed by atoms with Crippen LogP contribution in [0.2, 0.25) is 0 Å². The number of nitrogens with zero attached hydrogens (tertiary/aromatic N) is 1. The molecule has 108 valence electrons. The van der Waals surface area contributed by atoms with Crippen LogP contribution in [0.15, 0.2) is 53.7 Å². The number of hydrogen-bond donors (Lipinski definition) is 0. The van der Waals surface area contributed by atoms with Gasteiger partial charge in [-0.15, -0.1) is 0 Å². The van der Waals surface area contributed by atoms with E-state index in [1.54, 1.807) is 12.1 Å². The first kappa shape index (κ1) is 14.8. The number of carbonyl (C=O) groups excluding carboxylic acids is 1. The summed E-state index contributed by atoms with van der Waals surface area (Å²) in [5.41, 5.74) is 2.39. The molecule has 0 saturated heterocycles. The maximum Gasteiger partial charge on any atom is 0.365 e. The molecule has 0 bridgehead atoms. The molecule has 0 heterocycles. The van der Waals surface area contributed by atoms with Gasteiger partial charge in [0.25, 0.3) is 0 Å². The van der Waals surface area contributed by atoms with Crippen LogP contribution in [-0.2, 0) is 4.84 Å². The summed E-state index contributed by atoms with van der Waals surface area (Å²) in [5, 5.41) is 3.70. The minimum atomic E-state index is -0.475. The molecule has 4 nitrogen and oxygen atoms in total. The van der Waals surface area contributed by atoms with Gasteiger partial charge in [0, 0.05) is 0 Å². The molecule has 2 aromatic carbocycles. The van der Waals surface area contributed by atoms with E-state index >= 15 is 0 Å². The second kappa shape index (κ2) is 7.24. The van der Waals surface area contributed by atoms with Crippen LogP contribution in [-0.4, -0.2) is 18.8 Å². The lowest BCUT2D eigenvalue weighted by Gasteiger charge is -2.02. The van der Waals surface area contributed by atoms with Gasteiger partial charge < -0.3 is 9.57 Å². The van der Waals surface area contributed by atoms with Crippen molar-refractivity contribution < 1.29 is 14.4 Å². The highest BCUT2D eigenvalue weighted by atomic mass is 16.7. The fraction of sp³-hybridized carbons (Fsp3) is 0.176. The van der Waals surface area contributed by atoms with E-state index in [1.165, 1.54) is 6.21 Å². The number of carbonyl (C=O) groups is 1. The van der Waals surface area contributed by atoms with Crippen molar-refractivity contribution in [2.75, 3.05) is 6.61 Å². The van der Waals surface area contributed by atoms with Gasteiger partial charge in [0.1, 0.15) is 5.75 Å². The Morgan fingerprint density at radius 2 is 1.76 bits per heavy atom. The van der Waals surface area contributed by atoms with Gasteiger partial charge in [-0.2, -0.15) is 0 Å². The van der Waals surface area contributed by atoms with Crippen LogP contribution in [0.4, 0.5) is 0 Å². The summed E-state index contributed by atoms with van der Waals surface area (Å²) in [6, 6.07) is 14.5. The molecule has 0 aromatic heterocycles. The van der Waals surface area contributed by atoms with Gasteiger partial charge in [-0.3, -0.25) is 0 Å². The molecule has 0 saturated carbocycles. The molecule has 0 aliphatic heterocycles. The Labute approximate surface area is 124 Å². The van der Waals surface area contributed by atoms with Gasteiger partial charge in [-0.05, 0) is 55.8 Å². The normalized spacial score (nSPS) is 10.6. The molecule has 0 radical (unpaired) electrons. The monoisotopic (exact) mass is 283 g/mol. The summed E-state index contributed by atoms with van der Waals surface area (Å²) in [6.07, 6.45) is 1.49. The highest BCUT2D eigenvalue weighted by Gasteiger charge is 2.05. The van der Waals surface area contributed by atoms with Crippen LogP contribution in [0.25, 0.3) is 0 Å². The van der Waals surface area contributed by atoms with Gasteiger partial charge >= 0.3 is 5.97 Å². The van der Waals surface area contributed by atoms with Crippen LogP contribution in [0, 0.1) is 6.92 Å². The minimum absolute atomic E-state index is 0.475. The predicted molar refractivity (Wildman–Crippen MR) is 81.8 cm³/mol. The van der Waals surface area contributed by atoms with E-state index in [9.17, 15) is 4.79 Å². The molecule has 2 rings (SSSR count). The van der Waals surface area contributed by atoms with E-state index in [2.05, 4.69) is 5.16 Å². The van der Waals surface area contributed by atoms with Crippen molar-refractivity contribution in [2.24, 2.45) is 5.16 Å². The maximum atomic E-state index is 11.7. The first-order valence-corrected chi connectivity index (χ1v) is 6.73. The Bertz CT molecular complexity index is 615. The van der Waals surface area contributed by atoms with Gasteiger partial charge in [-0.1, -0.05) is 22.9 Å². The summed E-state index contributed by atoms with van der Waals surface area (Å²) in [7, 11) is 0. The zero-order valence-corrected chi connectivity index (χ0v) is 12.1. The third-order valence-electron chi connectivity index (χ3n) is 2.82. The number of oxime groups is 1. The van der Waals surface area contributed by atoms with Crippen LogP contribution in [0.5, 0.6) is 5.75 Å². The fourth-order valence-electron chi connectivity index (χ4n) is 1.69. The molecule has 0 fully saturated rings. The van der Waals surface area contributed by atoms with Crippen LogP contribution < -0.4 is 4.74 Å². The zero-order valence-electron chi connectivity index (χ0n) is 12.1. The molecule has 21 heavy (non-hydrogen) atoms. The van der Waals surface area contributed by atoms with Crippen molar-refractivity contribution in [3.63, 3.8) is 0 Å². The molecule has 2 aromatic rings. The van der Waals surface area contributed by atoms with E-state index in [-0.39, 0.29) is 0 Å². The molecule has 0 unspecified atom stereocenters. The predicted octanol–water partition coefficient (Wildman–Crippen LogP) is 3.58. The molecular weight excluding hydrogens is 266 g/mol. The smallest absolute Gasteiger partial charge is 0.365 e. The van der Waals surface area contributed by atoms with Crippen LogP contribution in [0.3, 0.4) is 0 Å². The molecule has 0 N–H and O–H groups in total. The highest BCUT2D eigenvalue weighted by Crippen LogP contribution is 2.11. The lowest BCUT2D eigenvalue weighted by molar-refractivity contribution is 0.0519. The fourth-order valence-corrected chi connectivity index (χ4v) is 1.69. The van der Waals surface area contributed by atoms with Crippen molar-refractivity contribution in [3.05, 3.63) is 65.2 Å². The molecule has 0 aliphatic carbocycles. The van der Waals surface area contributed by atoms with Crippen molar-refractivity contribution >= 4 is 12.2 Å². The number of aryl methyl sites for hydroxylation is 1. The van der Waals surface area contributed by atoms with Crippen molar-refractivity contribution in [1.82, 2.24) is 0 Å². The number of ether oxygens (including phenoxy) is 1. The third kappa shape index (κ3) is 4.45. The van der Waals surface area contributed by atoms with Gasteiger partial charge in [-0.25, -0.2) is 4.79 Å². The van der Waals surface area contributed by atoms with Crippen LogP contribution >= 0.6 is 0 Å². The van der Waals surface area contributed by atoms with E-state index in [0.29, 0.717) is 12.2 Å². The molecule has 0 spiro atoms. The first-order chi connectivity index (χ1) is 10.2. The number of hydrogen-bond acceptors (Lipinski definition) is 4. The number of rotatable bonds is 5. The first-order valence-electron chi connectivity index (χ1n) is 6.73. The van der Waals surface area contributed by atoms with Crippen molar-refractivity contribution in [1.29, 1.82) is 0 Å². The topological polar surface area (TPSA) is 47.9 Å². The lowest BCUT2D eigenvalue weighted by Crippen LogP contribution is -2.00. The Morgan fingerprint density at radius 1 is 1.10 bits per heavy atom. The van der Waals surface area contributed by atoms with Crippen molar-refractivity contribution in [2.45, 2.75) is 13.8 Å². The third-order valence-corrected chi connectivity index (χ3v) is 2.82. The summed E-state index contributed by atoms with van der Waals surface area (Å²) in [5.74, 6) is 0.323. The minimum Gasteiger partial charge on any atom is -0.494 e. The Morgan fingerprint density at radius 3 is 2.38 bits per heavy atom. The highest BCUT2D eigenvalue weighted by molar-refractivity contribution is 5.90. The standard InChI is InChI=1S/C17H17NO3/c1-3-20-16-10-6-14(7-11-16)12-18-21-17(19)15-8-4-13(2)5-9-15/h4-12H,3H2,1-2H3/b18-12-. The van der Waals surface area contributed by atoms with Crippen LogP contribution in [0.1, 0.15) is 28.4 Å². The molecular formula is C17H17NO3. The average molecular weight is 283 g/mol. The van der Waals surface area contributed by atoms with E-state index in [1.807, 2.05) is 50.2 Å². The Balaban J connectivity index is 1.92. The summed E-state index contributed by atoms with van der Waals surface area (Å²) in [4.78, 5) is 16.6. The second-order valence-electron chi connectivity index (χ2n) is 4.48. The number of benzene rings is 2. The van der Waals surface area contributed by atoms with E-state index < -0.39 is 5.97 Å². The SMILES string of the molecule is CCOc1ccc(/C=N\OC(=O)c2ccc(C)cc2)cc1. The second-order valence-corrected chi connectivity index (χ2v) is 4.48. The average Bonchev–Trinajstić information content (AvgIpc) is 2.50. The van der Waals surface area contributed by atoms with Gasteiger partial charge in [0.15, 0.2) is 0 Å². The van der Waals surface area contributed by atoms with E-state index in [4.69, 9.17) is 9.57 Å². The quantitative estimate of drug-likeness (QED) is 0.478. The van der Waals surface area contributed by atoms with Gasteiger partial charge in [0.05, 0.1) is 18.4 Å².